The van der Waals surface area contributed by atoms with Crippen LogP contribution in [-0.4, -0.2) is 46.8 Å². The van der Waals surface area contributed by atoms with Crippen molar-refractivity contribution in [3.63, 3.8) is 0 Å². The molecule has 6 nitrogen and oxygen atoms in total. The second-order valence-electron chi connectivity index (χ2n) is 4.24. The Kier molecular flexibility index (Phi) is 4.36. The number of H-pyrrole nitrogens is 1. The maximum absolute atomic E-state index is 11.8. The highest BCUT2D eigenvalue weighted by Gasteiger charge is 2.21. The van der Waals surface area contributed by atoms with Crippen molar-refractivity contribution in [1.82, 2.24) is 14.5 Å². The molecule has 0 spiro atoms. The van der Waals surface area contributed by atoms with E-state index >= 15 is 0 Å². The van der Waals surface area contributed by atoms with Crippen LogP contribution in [-0.2, 0) is 11.3 Å². The molecule has 1 atom stereocenters. The molecule has 2 heterocycles. The molecule has 0 radical (unpaired) electrons. The number of halogens is 1. The van der Waals surface area contributed by atoms with Gasteiger partial charge in [0, 0.05) is 19.3 Å². The number of nitrogens with zero attached hydrogens (tertiary/aromatic N) is 2. The lowest BCUT2D eigenvalue weighted by atomic mass is 10.2. The van der Waals surface area contributed by atoms with Crippen molar-refractivity contribution in [2.45, 2.75) is 19.6 Å². The summed E-state index contributed by atoms with van der Waals surface area (Å²) >= 11 is 3.12. The zero-order valence-corrected chi connectivity index (χ0v) is 11.8. The van der Waals surface area contributed by atoms with Gasteiger partial charge in [-0.3, -0.25) is 14.3 Å². The Bertz CT molecular complexity index is 525. The van der Waals surface area contributed by atoms with Gasteiger partial charge in [0.25, 0.3) is 5.56 Å². The zero-order chi connectivity index (χ0) is 13.1. The molecule has 0 amide bonds. The smallest absolute Gasteiger partial charge is 0.328 e. The van der Waals surface area contributed by atoms with E-state index in [0.717, 1.165) is 19.6 Å². The first-order valence-corrected chi connectivity index (χ1v) is 6.73. The molecule has 0 aliphatic carbocycles. The minimum absolute atomic E-state index is 0.119. The summed E-state index contributed by atoms with van der Waals surface area (Å²) < 4.78 is 7.12. The molecule has 1 fully saturated rings. The van der Waals surface area contributed by atoms with Crippen LogP contribution in [0.3, 0.4) is 0 Å². The molecule has 2 rings (SSSR count). The summed E-state index contributed by atoms with van der Waals surface area (Å²) in [6.07, 6.45) is 1.24. The highest BCUT2D eigenvalue weighted by atomic mass is 79.9. The van der Waals surface area contributed by atoms with Gasteiger partial charge in [-0.15, -0.1) is 0 Å². The molecule has 1 aromatic heterocycles. The van der Waals surface area contributed by atoms with Crippen LogP contribution in [0, 0.1) is 0 Å². The summed E-state index contributed by atoms with van der Waals surface area (Å²) in [5.41, 5.74) is -0.726. The fourth-order valence-corrected chi connectivity index (χ4v) is 2.36. The lowest BCUT2D eigenvalue weighted by molar-refractivity contribution is -0.0352. The monoisotopic (exact) mass is 317 g/mol. The van der Waals surface area contributed by atoms with Crippen LogP contribution < -0.4 is 11.2 Å². The van der Waals surface area contributed by atoms with Gasteiger partial charge in [0.2, 0.25) is 0 Å². The van der Waals surface area contributed by atoms with Crippen LogP contribution in [0.25, 0.3) is 0 Å². The van der Waals surface area contributed by atoms with E-state index in [1.807, 2.05) is 0 Å². The largest absolute Gasteiger partial charge is 0.374 e. The first-order valence-electron chi connectivity index (χ1n) is 5.93. The van der Waals surface area contributed by atoms with E-state index in [2.05, 4.69) is 32.7 Å². The lowest BCUT2D eigenvalue weighted by Crippen LogP contribution is -2.47. The molecule has 1 aliphatic heterocycles. The molecule has 1 unspecified atom stereocenters. The van der Waals surface area contributed by atoms with Crippen molar-refractivity contribution in [1.29, 1.82) is 0 Å². The third-order valence-electron chi connectivity index (χ3n) is 3.07. The third-order valence-corrected chi connectivity index (χ3v) is 3.64. The predicted molar refractivity (Wildman–Crippen MR) is 70.9 cm³/mol. The van der Waals surface area contributed by atoms with Gasteiger partial charge in [0.05, 0.1) is 23.7 Å². The number of aromatic amines is 1. The number of aromatic nitrogens is 2. The van der Waals surface area contributed by atoms with Crippen LogP contribution in [0.15, 0.2) is 20.3 Å². The van der Waals surface area contributed by atoms with Crippen molar-refractivity contribution < 1.29 is 4.74 Å². The number of likely N-dealkylation sites (N-methyl/N-ethyl adjacent to an activating group) is 1. The van der Waals surface area contributed by atoms with E-state index in [0.29, 0.717) is 11.1 Å². The van der Waals surface area contributed by atoms with Crippen LogP contribution in [0.1, 0.15) is 6.92 Å². The highest BCUT2D eigenvalue weighted by molar-refractivity contribution is 9.10. The van der Waals surface area contributed by atoms with E-state index in [-0.39, 0.29) is 18.2 Å². The molecule has 18 heavy (non-hydrogen) atoms. The van der Waals surface area contributed by atoms with Crippen LogP contribution >= 0.6 is 15.9 Å². The Labute approximate surface area is 113 Å². The minimum Gasteiger partial charge on any atom is -0.374 e. The van der Waals surface area contributed by atoms with E-state index in [1.165, 1.54) is 10.8 Å². The van der Waals surface area contributed by atoms with Gasteiger partial charge in [-0.1, -0.05) is 6.92 Å². The number of hydrogen-bond donors (Lipinski definition) is 1. The Hall–Kier alpha value is -0.920. The maximum Gasteiger partial charge on any atom is 0.328 e. The lowest BCUT2D eigenvalue weighted by Gasteiger charge is -2.32. The van der Waals surface area contributed by atoms with Gasteiger partial charge in [-0.25, -0.2) is 4.79 Å². The van der Waals surface area contributed by atoms with E-state index in [9.17, 15) is 9.59 Å². The summed E-state index contributed by atoms with van der Waals surface area (Å²) in [7, 11) is 0. The summed E-state index contributed by atoms with van der Waals surface area (Å²) in [5.74, 6) is 0. The van der Waals surface area contributed by atoms with Crippen molar-refractivity contribution in [2.24, 2.45) is 0 Å². The van der Waals surface area contributed by atoms with Crippen molar-refractivity contribution in [3.8, 4) is 0 Å². The topological polar surface area (TPSA) is 67.3 Å². The van der Waals surface area contributed by atoms with E-state index in [1.54, 1.807) is 0 Å². The molecular weight excluding hydrogens is 302 g/mol. The third kappa shape index (κ3) is 2.90. The molecule has 0 aromatic carbocycles. The number of nitrogens with one attached hydrogen (secondary N) is 1. The quantitative estimate of drug-likeness (QED) is 0.853. The second-order valence-corrected chi connectivity index (χ2v) is 5.10. The molecule has 0 bridgehead atoms. The van der Waals surface area contributed by atoms with Crippen LogP contribution in [0.2, 0.25) is 0 Å². The molecule has 1 aromatic rings. The Morgan fingerprint density at radius 3 is 3.06 bits per heavy atom. The Balaban J connectivity index is 2.17. The second kappa shape index (κ2) is 5.81. The molecule has 1 N–H and O–H groups in total. The molecule has 7 heteroatoms. The maximum atomic E-state index is 11.8. The van der Waals surface area contributed by atoms with Gasteiger partial charge in [0.15, 0.2) is 0 Å². The standard InChI is InChI=1S/C11H16BrN3O3/c1-2-14-3-4-18-8(6-14)7-15-10(16)9(12)5-13-11(15)17/h5,8H,2-4,6-7H2,1H3,(H,13,17). The van der Waals surface area contributed by atoms with E-state index in [4.69, 9.17) is 4.74 Å². The Morgan fingerprint density at radius 1 is 1.56 bits per heavy atom. The molecular formula is C11H16BrN3O3. The summed E-state index contributed by atoms with van der Waals surface area (Å²) in [4.78, 5) is 28.2. The highest BCUT2D eigenvalue weighted by Crippen LogP contribution is 2.06. The first kappa shape index (κ1) is 13.5. The van der Waals surface area contributed by atoms with Gasteiger partial charge >= 0.3 is 5.69 Å². The fraction of sp³-hybridized carbons (Fsp3) is 0.636. The van der Waals surface area contributed by atoms with Gasteiger partial charge in [-0.05, 0) is 22.5 Å². The van der Waals surface area contributed by atoms with Crippen molar-refractivity contribution in [3.05, 3.63) is 31.5 Å². The molecule has 100 valence electrons. The SMILES string of the molecule is CCN1CCOC(Cn2c(=O)[nH]cc(Br)c2=O)C1. The number of morpholine rings is 1. The molecule has 1 aliphatic rings. The number of rotatable bonds is 3. The minimum atomic E-state index is -0.402. The van der Waals surface area contributed by atoms with Gasteiger partial charge < -0.3 is 9.72 Å². The normalized spacial score (nSPS) is 21.1. The fourth-order valence-electron chi connectivity index (χ4n) is 2.03. The average molecular weight is 318 g/mol. The number of hydrogen-bond acceptors (Lipinski definition) is 4. The van der Waals surface area contributed by atoms with Crippen molar-refractivity contribution in [2.75, 3.05) is 26.2 Å². The molecule has 1 saturated heterocycles. The van der Waals surface area contributed by atoms with Gasteiger partial charge in [-0.2, -0.15) is 0 Å². The van der Waals surface area contributed by atoms with Crippen molar-refractivity contribution >= 4 is 15.9 Å². The first-order chi connectivity index (χ1) is 8.61. The summed E-state index contributed by atoms with van der Waals surface area (Å²) in [5, 5.41) is 0. The zero-order valence-electron chi connectivity index (χ0n) is 10.2. The Morgan fingerprint density at radius 2 is 2.33 bits per heavy atom. The van der Waals surface area contributed by atoms with Gasteiger partial charge in [0.1, 0.15) is 0 Å². The summed E-state index contributed by atoms with van der Waals surface area (Å²) in [6, 6.07) is 0. The average Bonchev–Trinajstić information content (AvgIpc) is 2.39. The predicted octanol–water partition coefficient (Wildman–Crippen LogP) is 0.0198. The number of ether oxygens (including phenoxy) is 1. The van der Waals surface area contributed by atoms with Crippen LogP contribution in [0.5, 0.6) is 0 Å². The molecule has 0 saturated carbocycles. The summed E-state index contributed by atoms with van der Waals surface area (Å²) in [6.45, 7) is 5.60. The van der Waals surface area contributed by atoms with E-state index < -0.39 is 5.69 Å². The van der Waals surface area contributed by atoms with Crippen LogP contribution in [0.4, 0.5) is 0 Å².